The van der Waals surface area contributed by atoms with Gasteiger partial charge < -0.3 is 14.2 Å². The van der Waals surface area contributed by atoms with Gasteiger partial charge in [-0.25, -0.2) is 9.18 Å². The average molecular weight is 214 g/mol. The largest absolute Gasteiger partial charge is 0.496 e. The average Bonchev–Trinajstić information content (AvgIpc) is 2.27. The van der Waals surface area contributed by atoms with Crippen molar-refractivity contribution >= 4 is 5.97 Å². The fourth-order valence-corrected chi connectivity index (χ4v) is 1.13. The maximum absolute atomic E-state index is 13.2. The third kappa shape index (κ3) is 2.18. The Morgan fingerprint density at radius 2 is 1.73 bits per heavy atom. The molecule has 1 aromatic rings. The molecule has 0 amide bonds. The first-order valence-electron chi connectivity index (χ1n) is 4.13. The lowest BCUT2D eigenvalue weighted by molar-refractivity contribution is 0.0596. The van der Waals surface area contributed by atoms with E-state index < -0.39 is 11.8 Å². The van der Waals surface area contributed by atoms with E-state index in [2.05, 4.69) is 4.74 Å². The summed E-state index contributed by atoms with van der Waals surface area (Å²) in [5, 5.41) is 0. The van der Waals surface area contributed by atoms with Crippen LogP contribution in [-0.4, -0.2) is 27.3 Å². The lowest BCUT2D eigenvalue weighted by Crippen LogP contribution is -2.05. The molecule has 5 heteroatoms. The van der Waals surface area contributed by atoms with Crippen molar-refractivity contribution in [1.29, 1.82) is 0 Å². The SMILES string of the molecule is COC(=O)c1cc(OC)c(F)cc1OC. The highest BCUT2D eigenvalue weighted by Gasteiger charge is 2.17. The number of carbonyl (C=O) groups is 1. The first-order chi connectivity index (χ1) is 7.13. The van der Waals surface area contributed by atoms with Gasteiger partial charge in [0.05, 0.1) is 21.3 Å². The number of benzene rings is 1. The Morgan fingerprint density at radius 1 is 1.13 bits per heavy atom. The molecule has 0 N–H and O–H groups in total. The van der Waals surface area contributed by atoms with E-state index in [1.807, 2.05) is 0 Å². The second-order valence-corrected chi connectivity index (χ2v) is 2.68. The van der Waals surface area contributed by atoms with Gasteiger partial charge in [-0.1, -0.05) is 0 Å². The van der Waals surface area contributed by atoms with E-state index in [9.17, 15) is 9.18 Å². The number of carbonyl (C=O) groups excluding carboxylic acids is 1. The summed E-state index contributed by atoms with van der Waals surface area (Å²) in [6, 6.07) is 2.31. The minimum absolute atomic E-state index is 0.0313. The van der Waals surface area contributed by atoms with Crippen LogP contribution in [-0.2, 0) is 4.74 Å². The molecule has 0 spiro atoms. The fraction of sp³-hybridized carbons (Fsp3) is 0.300. The quantitative estimate of drug-likeness (QED) is 0.717. The van der Waals surface area contributed by atoms with Crippen molar-refractivity contribution in [3.63, 3.8) is 0 Å². The topological polar surface area (TPSA) is 44.8 Å². The van der Waals surface area contributed by atoms with Crippen molar-refractivity contribution in [2.45, 2.75) is 0 Å². The molecule has 0 atom stereocenters. The molecule has 0 aromatic heterocycles. The number of rotatable bonds is 3. The van der Waals surface area contributed by atoms with E-state index in [0.29, 0.717) is 0 Å². The summed E-state index contributed by atoms with van der Waals surface area (Å²) in [5.41, 5.74) is 0.123. The zero-order valence-electron chi connectivity index (χ0n) is 8.67. The Balaban J connectivity index is 3.28. The zero-order chi connectivity index (χ0) is 11.4. The summed E-state index contributed by atoms with van der Waals surface area (Å²) in [7, 11) is 3.89. The first kappa shape index (κ1) is 11.3. The van der Waals surface area contributed by atoms with Crippen molar-refractivity contribution in [3.05, 3.63) is 23.5 Å². The van der Waals surface area contributed by atoms with Crippen LogP contribution in [0.4, 0.5) is 4.39 Å². The first-order valence-corrected chi connectivity index (χ1v) is 4.13. The summed E-state index contributed by atoms with van der Waals surface area (Å²) in [6.45, 7) is 0. The van der Waals surface area contributed by atoms with Crippen LogP contribution in [0.15, 0.2) is 12.1 Å². The van der Waals surface area contributed by atoms with Crippen LogP contribution in [0.3, 0.4) is 0 Å². The van der Waals surface area contributed by atoms with Crippen molar-refractivity contribution in [2.24, 2.45) is 0 Å². The van der Waals surface area contributed by atoms with Crippen molar-refractivity contribution < 1.29 is 23.4 Å². The van der Waals surface area contributed by atoms with Gasteiger partial charge >= 0.3 is 5.97 Å². The second kappa shape index (κ2) is 4.63. The number of halogens is 1. The van der Waals surface area contributed by atoms with E-state index in [1.54, 1.807) is 0 Å². The summed E-state index contributed by atoms with van der Waals surface area (Å²) in [5.74, 6) is -1.12. The molecule has 0 bridgehead atoms. The van der Waals surface area contributed by atoms with Gasteiger partial charge in [0.15, 0.2) is 11.6 Å². The van der Waals surface area contributed by atoms with Crippen LogP contribution >= 0.6 is 0 Å². The van der Waals surface area contributed by atoms with Gasteiger partial charge in [-0.15, -0.1) is 0 Å². The molecule has 0 aliphatic rings. The zero-order valence-corrected chi connectivity index (χ0v) is 8.67. The molecular weight excluding hydrogens is 203 g/mol. The van der Waals surface area contributed by atoms with E-state index >= 15 is 0 Å². The molecule has 0 saturated carbocycles. The van der Waals surface area contributed by atoms with Crippen LogP contribution in [0.1, 0.15) is 10.4 Å². The van der Waals surface area contributed by atoms with Gasteiger partial charge in [0.2, 0.25) is 0 Å². The highest BCUT2D eigenvalue weighted by atomic mass is 19.1. The van der Waals surface area contributed by atoms with Crippen molar-refractivity contribution in [3.8, 4) is 11.5 Å². The summed E-state index contributed by atoms with van der Waals surface area (Å²) < 4.78 is 27.3. The highest BCUT2D eigenvalue weighted by molar-refractivity contribution is 5.93. The Labute approximate surface area is 86.6 Å². The van der Waals surface area contributed by atoms with E-state index in [4.69, 9.17) is 9.47 Å². The number of methoxy groups -OCH3 is 3. The molecular formula is C10H11FO4. The van der Waals surface area contributed by atoms with Gasteiger partial charge in [-0.2, -0.15) is 0 Å². The monoisotopic (exact) mass is 214 g/mol. The van der Waals surface area contributed by atoms with Gasteiger partial charge in [-0.3, -0.25) is 0 Å². The maximum atomic E-state index is 13.2. The molecule has 0 radical (unpaired) electrons. The van der Waals surface area contributed by atoms with Crippen LogP contribution in [0.25, 0.3) is 0 Å². The summed E-state index contributed by atoms with van der Waals surface area (Å²) in [4.78, 5) is 11.3. The molecule has 0 heterocycles. The Morgan fingerprint density at radius 3 is 2.20 bits per heavy atom. The summed E-state index contributed by atoms with van der Waals surface area (Å²) >= 11 is 0. The minimum atomic E-state index is -0.606. The van der Waals surface area contributed by atoms with Crippen LogP contribution in [0.5, 0.6) is 11.5 Å². The second-order valence-electron chi connectivity index (χ2n) is 2.68. The highest BCUT2D eigenvalue weighted by Crippen LogP contribution is 2.27. The minimum Gasteiger partial charge on any atom is -0.496 e. The molecule has 82 valence electrons. The Bertz CT molecular complexity index is 376. The van der Waals surface area contributed by atoms with E-state index in [-0.39, 0.29) is 17.1 Å². The standard InChI is InChI=1S/C10H11FO4/c1-13-8-5-7(11)9(14-2)4-6(8)10(12)15-3/h4-5H,1-3H3. The van der Waals surface area contributed by atoms with Gasteiger partial charge in [-0.05, 0) is 0 Å². The van der Waals surface area contributed by atoms with Gasteiger partial charge in [0.1, 0.15) is 11.3 Å². The van der Waals surface area contributed by atoms with E-state index in [1.165, 1.54) is 27.4 Å². The summed E-state index contributed by atoms with van der Waals surface area (Å²) in [6.07, 6.45) is 0. The van der Waals surface area contributed by atoms with E-state index in [0.717, 1.165) is 6.07 Å². The predicted octanol–water partition coefficient (Wildman–Crippen LogP) is 1.63. The van der Waals surface area contributed by atoms with Gasteiger partial charge in [0.25, 0.3) is 0 Å². The molecule has 1 rings (SSSR count). The number of hydrogen-bond donors (Lipinski definition) is 0. The lowest BCUT2D eigenvalue weighted by atomic mass is 10.2. The third-order valence-corrected chi connectivity index (χ3v) is 1.88. The van der Waals surface area contributed by atoms with Crippen LogP contribution in [0, 0.1) is 5.82 Å². The van der Waals surface area contributed by atoms with Crippen molar-refractivity contribution in [1.82, 2.24) is 0 Å². The fourth-order valence-electron chi connectivity index (χ4n) is 1.13. The van der Waals surface area contributed by atoms with Crippen LogP contribution < -0.4 is 9.47 Å². The van der Waals surface area contributed by atoms with Gasteiger partial charge in [0, 0.05) is 12.1 Å². The smallest absolute Gasteiger partial charge is 0.341 e. The normalized spacial score (nSPS) is 9.60. The molecule has 0 aliphatic carbocycles. The molecule has 4 nitrogen and oxygen atoms in total. The Hall–Kier alpha value is -1.78. The predicted molar refractivity (Wildman–Crippen MR) is 50.8 cm³/mol. The molecule has 0 aliphatic heterocycles. The number of esters is 1. The number of ether oxygens (including phenoxy) is 3. The third-order valence-electron chi connectivity index (χ3n) is 1.88. The number of hydrogen-bond acceptors (Lipinski definition) is 4. The maximum Gasteiger partial charge on any atom is 0.341 e. The van der Waals surface area contributed by atoms with Crippen LogP contribution in [0.2, 0.25) is 0 Å². The molecule has 0 unspecified atom stereocenters. The molecule has 0 saturated heterocycles. The van der Waals surface area contributed by atoms with Crippen molar-refractivity contribution in [2.75, 3.05) is 21.3 Å². The molecule has 1 aromatic carbocycles. The Kier molecular flexibility index (Phi) is 3.49. The molecule has 15 heavy (non-hydrogen) atoms. The lowest BCUT2D eigenvalue weighted by Gasteiger charge is -2.09. The molecule has 0 fully saturated rings.